The molecular weight excluding hydrogens is 370 g/mol. The molecule has 132 valence electrons. The van der Waals surface area contributed by atoms with Gasteiger partial charge in [0, 0.05) is 21.0 Å². The zero-order valence-corrected chi connectivity index (χ0v) is 15.5. The van der Waals surface area contributed by atoms with Crippen LogP contribution >= 0.6 is 22.9 Å². The zero-order chi connectivity index (χ0) is 18.5. The van der Waals surface area contributed by atoms with Crippen molar-refractivity contribution in [1.82, 2.24) is 10.3 Å². The van der Waals surface area contributed by atoms with Crippen LogP contribution in [0.3, 0.4) is 0 Å². The van der Waals surface area contributed by atoms with Gasteiger partial charge in [-0.1, -0.05) is 41.9 Å². The predicted octanol–water partition coefficient (Wildman–Crippen LogP) is 4.14. The Morgan fingerprint density at radius 3 is 2.46 bits per heavy atom. The van der Waals surface area contributed by atoms with Crippen LogP contribution < -0.4 is 10.6 Å². The predicted molar refractivity (Wildman–Crippen MR) is 105 cm³/mol. The number of hydrogen-bond acceptors (Lipinski definition) is 4. The molecule has 2 N–H and O–H groups in total. The number of nitrogens with one attached hydrogen (secondary N) is 2. The summed E-state index contributed by atoms with van der Waals surface area (Å²) in [5.74, 6) is -0.622. The van der Waals surface area contributed by atoms with Crippen molar-refractivity contribution in [1.29, 1.82) is 0 Å². The normalized spacial score (nSPS) is 10.4. The van der Waals surface area contributed by atoms with Gasteiger partial charge in [-0.3, -0.25) is 9.59 Å². The van der Waals surface area contributed by atoms with Crippen molar-refractivity contribution in [3.05, 3.63) is 70.1 Å². The molecule has 2 aromatic carbocycles. The molecule has 5 nitrogen and oxygen atoms in total. The Morgan fingerprint density at radius 2 is 1.77 bits per heavy atom. The molecule has 0 atom stereocenters. The van der Waals surface area contributed by atoms with Crippen molar-refractivity contribution >= 4 is 39.9 Å². The molecule has 0 radical (unpaired) electrons. The number of halogens is 1. The van der Waals surface area contributed by atoms with Crippen LogP contribution in [-0.4, -0.2) is 23.3 Å². The van der Waals surface area contributed by atoms with Crippen LogP contribution in [0.25, 0.3) is 11.3 Å². The quantitative estimate of drug-likeness (QED) is 0.693. The lowest BCUT2D eigenvalue weighted by Gasteiger charge is -2.05. The molecule has 0 saturated carbocycles. The fourth-order valence-corrected chi connectivity index (χ4v) is 3.32. The highest BCUT2D eigenvalue weighted by Crippen LogP contribution is 2.30. The number of thiazole rings is 1. The molecule has 1 heterocycles. The number of rotatable bonds is 5. The van der Waals surface area contributed by atoms with Gasteiger partial charge in [-0.05, 0) is 31.2 Å². The summed E-state index contributed by atoms with van der Waals surface area (Å²) in [6.45, 7) is 1.82. The number of benzene rings is 2. The maximum absolute atomic E-state index is 12.1. The van der Waals surface area contributed by atoms with Crippen LogP contribution in [0.4, 0.5) is 5.13 Å². The third-order valence-corrected chi connectivity index (χ3v) is 4.74. The summed E-state index contributed by atoms with van der Waals surface area (Å²) in [7, 11) is 0. The van der Waals surface area contributed by atoms with Crippen molar-refractivity contribution < 1.29 is 9.59 Å². The smallest absolute Gasteiger partial charge is 0.251 e. The van der Waals surface area contributed by atoms with Crippen molar-refractivity contribution in [2.75, 3.05) is 11.9 Å². The monoisotopic (exact) mass is 385 g/mol. The Bertz CT molecular complexity index is 924. The number of nitrogens with zero attached hydrogens (tertiary/aromatic N) is 1. The van der Waals surface area contributed by atoms with E-state index in [2.05, 4.69) is 15.6 Å². The standard InChI is InChI=1S/C19H16ClN3O2S/c1-12-17(13-7-9-15(20)10-8-13)23-19(26-12)22-16(24)11-21-18(25)14-5-3-2-4-6-14/h2-10H,11H2,1H3,(H,21,25)(H,22,23,24). The molecule has 0 aliphatic rings. The molecule has 3 aromatic rings. The Kier molecular flexibility index (Phi) is 5.65. The number of aryl methyl sites for hydroxylation is 1. The van der Waals surface area contributed by atoms with Crippen molar-refractivity contribution in [3.63, 3.8) is 0 Å². The molecule has 7 heteroatoms. The molecule has 0 spiro atoms. The van der Waals surface area contributed by atoms with Gasteiger partial charge in [0.15, 0.2) is 5.13 Å². The van der Waals surface area contributed by atoms with Crippen LogP contribution in [0.2, 0.25) is 5.02 Å². The van der Waals surface area contributed by atoms with Crippen LogP contribution in [0.5, 0.6) is 0 Å². The molecule has 3 rings (SSSR count). The summed E-state index contributed by atoms with van der Waals surface area (Å²) in [5, 5.41) is 6.46. The van der Waals surface area contributed by atoms with E-state index in [9.17, 15) is 9.59 Å². The average molecular weight is 386 g/mol. The third kappa shape index (κ3) is 4.47. The van der Waals surface area contributed by atoms with E-state index in [-0.39, 0.29) is 18.4 Å². The molecule has 0 fully saturated rings. The van der Waals surface area contributed by atoms with Crippen LogP contribution in [-0.2, 0) is 4.79 Å². The maximum Gasteiger partial charge on any atom is 0.251 e. The zero-order valence-electron chi connectivity index (χ0n) is 14.0. The summed E-state index contributed by atoms with van der Waals surface area (Å²) in [4.78, 5) is 29.5. The number of aromatic nitrogens is 1. The summed E-state index contributed by atoms with van der Waals surface area (Å²) in [5.41, 5.74) is 2.24. The van der Waals surface area contributed by atoms with Gasteiger partial charge >= 0.3 is 0 Å². The Labute approximate surface area is 160 Å². The Hall–Kier alpha value is -2.70. The van der Waals surface area contributed by atoms with Gasteiger partial charge in [0.05, 0.1) is 12.2 Å². The highest BCUT2D eigenvalue weighted by molar-refractivity contribution is 7.16. The molecule has 0 unspecified atom stereocenters. The van der Waals surface area contributed by atoms with E-state index < -0.39 is 0 Å². The molecular formula is C19H16ClN3O2S. The summed E-state index contributed by atoms with van der Waals surface area (Å²) in [6, 6.07) is 16.1. The van der Waals surface area contributed by atoms with E-state index in [0.717, 1.165) is 16.1 Å². The van der Waals surface area contributed by atoms with Crippen LogP contribution in [0, 0.1) is 6.92 Å². The van der Waals surface area contributed by atoms with Crippen molar-refractivity contribution in [3.8, 4) is 11.3 Å². The third-order valence-electron chi connectivity index (χ3n) is 3.61. The van der Waals surface area contributed by atoms with E-state index in [1.165, 1.54) is 11.3 Å². The van der Waals surface area contributed by atoms with Gasteiger partial charge in [0.1, 0.15) is 0 Å². The minimum Gasteiger partial charge on any atom is -0.343 e. The first-order chi connectivity index (χ1) is 12.5. The highest BCUT2D eigenvalue weighted by Gasteiger charge is 2.13. The summed E-state index contributed by atoms with van der Waals surface area (Å²) >= 11 is 7.29. The van der Waals surface area contributed by atoms with E-state index in [1.807, 2.05) is 25.1 Å². The minimum absolute atomic E-state index is 0.122. The fourth-order valence-electron chi connectivity index (χ4n) is 2.34. The number of hydrogen-bond donors (Lipinski definition) is 2. The van der Waals surface area contributed by atoms with E-state index in [4.69, 9.17) is 11.6 Å². The topological polar surface area (TPSA) is 71.1 Å². The van der Waals surface area contributed by atoms with Crippen molar-refractivity contribution in [2.45, 2.75) is 6.92 Å². The van der Waals surface area contributed by atoms with Gasteiger partial charge in [-0.25, -0.2) is 4.98 Å². The first-order valence-corrected chi connectivity index (χ1v) is 9.09. The molecule has 26 heavy (non-hydrogen) atoms. The summed E-state index contributed by atoms with van der Waals surface area (Å²) < 4.78 is 0. The Balaban J connectivity index is 1.60. The summed E-state index contributed by atoms with van der Waals surface area (Å²) in [6.07, 6.45) is 0. The van der Waals surface area contributed by atoms with E-state index in [1.54, 1.807) is 36.4 Å². The van der Waals surface area contributed by atoms with Gasteiger partial charge in [-0.15, -0.1) is 11.3 Å². The second kappa shape index (κ2) is 8.12. The van der Waals surface area contributed by atoms with E-state index in [0.29, 0.717) is 15.7 Å². The first-order valence-electron chi connectivity index (χ1n) is 7.89. The second-order valence-corrected chi connectivity index (χ2v) is 7.17. The number of carbonyl (C=O) groups excluding carboxylic acids is 2. The van der Waals surface area contributed by atoms with Crippen molar-refractivity contribution in [2.24, 2.45) is 0 Å². The lowest BCUT2D eigenvalue weighted by molar-refractivity contribution is -0.115. The highest BCUT2D eigenvalue weighted by atomic mass is 35.5. The van der Waals surface area contributed by atoms with Crippen LogP contribution in [0.1, 0.15) is 15.2 Å². The van der Waals surface area contributed by atoms with Gasteiger partial charge in [0.25, 0.3) is 5.91 Å². The maximum atomic E-state index is 12.1. The average Bonchev–Trinajstić information content (AvgIpc) is 3.01. The molecule has 0 aliphatic heterocycles. The van der Waals surface area contributed by atoms with E-state index >= 15 is 0 Å². The van der Waals surface area contributed by atoms with Gasteiger partial charge in [-0.2, -0.15) is 0 Å². The molecule has 1 aromatic heterocycles. The lowest BCUT2D eigenvalue weighted by atomic mass is 10.1. The lowest BCUT2D eigenvalue weighted by Crippen LogP contribution is -2.32. The molecule has 0 aliphatic carbocycles. The van der Waals surface area contributed by atoms with Gasteiger partial charge < -0.3 is 10.6 Å². The molecule has 0 bridgehead atoms. The minimum atomic E-state index is -0.328. The fraction of sp³-hybridized carbons (Fsp3) is 0.105. The SMILES string of the molecule is Cc1sc(NC(=O)CNC(=O)c2ccccc2)nc1-c1ccc(Cl)cc1. The second-order valence-electron chi connectivity index (χ2n) is 5.53. The molecule has 0 saturated heterocycles. The van der Waals surface area contributed by atoms with Crippen LogP contribution in [0.15, 0.2) is 54.6 Å². The first kappa shape index (κ1) is 18.1. The number of amides is 2. The van der Waals surface area contributed by atoms with Gasteiger partial charge in [0.2, 0.25) is 5.91 Å². The Morgan fingerprint density at radius 1 is 1.08 bits per heavy atom. The largest absolute Gasteiger partial charge is 0.343 e. The number of carbonyl (C=O) groups is 2. The number of anilines is 1. The molecule has 2 amide bonds.